The van der Waals surface area contributed by atoms with Crippen molar-refractivity contribution in [3.05, 3.63) is 46.6 Å². The van der Waals surface area contributed by atoms with E-state index >= 15 is 0 Å². The summed E-state index contributed by atoms with van der Waals surface area (Å²) in [5.74, 6) is -0.578. The second-order valence-electron chi connectivity index (χ2n) is 8.39. The zero-order valence-corrected chi connectivity index (χ0v) is 19.9. The van der Waals surface area contributed by atoms with Crippen LogP contribution in [0, 0.1) is 0 Å². The number of carbonyl (C=O) groups is 1. The number of aliphatic hydroxyl groups excluding tert-OH is 2. The van der Waals surface area contributed by atoms with E-state index in [1.807, 2.05) is 13.0 Å². The van der Waals surface area contributed by atoms with E-state index in [1.54, 1.807) is 19.9 Å². The SMILES string of the molecule is CC=C(C)C(=O)OC1C(O)COC(OCC=C(C)CCC=C(C)CCC=C(C)C)C1O. The second-order valence-corrected chi connectivity index (χ2v) is 8.39. The molecule has 1 saturated heterocycles. The minimum atomic E-state index is -1.27. The van der Waals surface area contributed by atoms with E-state index in [4.69, 9.17) is 14.2 Å². The van der Waals surface area contributed by atoms with Gasteiger partial charge in [0.2, 0.25) is 0 Å². The molecule has 1 heterocycles. The fourth-order valence-electron chi connectivity index (χ4n) is 3.02. The summed E-state index contributed by atoms with van der Waals surface area (Å²) in [6.07, 6.45) is 7.74. The minimum absolute atomic E-state index is 0.0753. The smallest absolute Gasteiger partial charge is 0.333 e. The molecule has 4 atom stereocenters. The summed E-state index contributed by atoms with van der Waals surface area (Å²) in [6.45, 7) is 12.0. The molecule has 1 rings (SSSR count). The molecular weight excluding hydrogens is 396 g/mol. The van der Waals surface area contributed by atoms with Gasteiger partial charge in [0.05, 0.1) is 13.2 Å². The summed E-state index contributed by atoms with van der Waals surface area (Å²) in [7, 11) is 0. The number of hydrogen-bond acceptors (Lipinski definition) is 6. The Balaban J connectivity index is 2.46. The molecule has 0 spiro atoms. The lowest BCUT2D eigenvalue weighted by Crippen LogP contribution is -2.55. The molecule has 0 saturated carbocycles. The molecule has 6 nitrogen and oxygen atoms in total. The molecule has 1 fully saturated rings. The highest BCUT2D eigenvalue weighted by molar-refractivity contribution is 5.87. The van der Waals surface area contributed by atoms with Crippen LogP contribution in [0.15, 0.2) is 46.6 Å². The molecule has 0 amide bonds. The standard InChI is InChI=1S/C25H40O6/c1-7-20(6)24(28)31-23-21(26)16-30-25(22(23)27)29-15-14-19(5)13-9-12-18(4)11-8-10-17(2)3/h7,10,12,14,21-23,25-27H,8-9,11,13,15-16H2,1-6H3. The lowest BCUT2D eigenvalue weighted by atomic mass is 10.0. The van der Waals surface area contributed by atoms with Gasteiger partial charge >= 0.3 is 5.97 Å². The maximum absolute atomic E-state index is 12.0. The molecule has 0 radical (unpaired) electrons. The largest absolute Gasteiger partial charge is 0.453 e. The number of ether oxygens (including phenoxy) is 3. The maximum atomic E-state index is 12.0. The summed E-state index contributed by atoms with van der Waals surface area (Å²) in [6, 6.07) is 0. The van der Waals surface area contributed by atoms with Gasteiger partial charge in [0.1, 0.15) is 12.2 Å². The van der Waals surface area contributed by atoms with Crippen molar-refractivity contribution in [3.8, 4) is 0 Å². The average Bonchev–Trinajstić information content (AvgIpc) is 2.71. The number of carbonyl (C=O) groups excluding carboxylic acids is 1. The fraction of sp³-hybridized carbons (Fsp3) is 0.640. The van der Waals surface area contributed by atoms with Gasteiger partial charge in [0, 0.05) is 5.57 Å². The summed E-state index contributed by atoms with van der Waals surface area (Å²) >= 11 is 0. The first-order chi connectivity index (χ1) is 14.6. The quantitative estimate of drug-likeness (QED) is 0.284. The molecule has 0 aromatic carbocycles. The number of allylic oxidation sites excluding steroid dienone is 6. The van der Waals surface area contributed by atoms with Gasteiger partial charge < -0.3 is 24.4 Å². The fourth-order valence-corrected chi connectivity index (χ4v) is 3.02. The summed E-state index contributed by atoms with van der Waals surface area (Å²) in [5.41, 5.74) is 4.34. The first kappa shape index (κ1) is 27.3. The summed E-state index contributed by atoms with van der Waals surface area (Å²) < 4.78 is 16.3. The van der Waals surface area contributed by atoms with Gasteiger partial charge in [-0.1, -0.05) is 41.0 Å². The molecule has 0 aromatic heterocycles. The third-order valence-corrected chi connectivity index (χ3v) is 5.24. The van der Waals surface area contributed by atoms with Crippen LogP contribution in [0.1, 0.15) is 67.2 Å². The van der Waals surface area contributed by atoms with Gasteiger partial charge in [-0.25, -0.2) is 4.79 Å². The zero-order chi connectivity index (χ0) is 23.4. The molecule has 176 valence electrons. The Morgan fingerprint density at radius 2 is 1.61 bits per heavy atom. The number of hydrogen-bond donors (Lipinski definition) is 2. The van der Waals surface area contributed by atoms with E-state index in [0.29, 0.717) is 5.57 Å². The van der Waals surface area contributed by atoms with Gasteiger partial charge in [-0.2, -0.15) is 0 Å². The highest BCUT2D eigenvalue weighted by atomic mass is 16.7. The van der Waals surface area contributed by atoms with E-state index in [2.05, 4.69) is 32.9 Å². The molecule has 1 aliphatic rings. The maximum Gasteiger partial charge on any atom is 0.333 e. The molecule has 1 aliphatic heterocycles. The lowest BCUT2D eigenvalue weighted by Gasteiger charge is -2.37. The number of rotatable bonds is 11. The first-order valence-corrected chi connectivity index (χ1v) is 11.0. The zero-order valence-electron chi connectivity index (χ0n) is 19.9. The summed E-state index contributed by atoms with van der Waals surface area (Å²) in [5, 5.41) is 20.5. The van der Waals surface area contributed by atoms with Crippen molar-refractivity contribution in [1.29, 1.82) is 0 Å². The van der Waals surface area contributed by atoms with Crippen LogP contribution in [0.4, 0.5) is 0 Å². The van der Waals surface area contributed by atoms with Crippen molar-refractivity contribution in [2.24, 2.45) is 0 Å². The Morgan fingerprint density at radius 3 is 2.23 bits per heavy atom. The van der Waals surface area contributed by atoms with Gasteiger partial charge in [0.25, 0.3) is 0 Å². The monoisotopic (exact) mass is 436 g/mol. The summed E-state index contributed by atoms with van der Waals surface area (Å²) in [4.78, 5) is 12.0. The van der Waals surface area contributed by atoms with Gasteiger partial charge in [-0.05, 0) is 67.2 Å². The van der Waals surface area contributed by atoms with E-state index in [-0.39, 0.29) is 13.2 Å². The van der Waals surface area contributed by atoms with Gasteiger partial charge in [0.15, 0.2) is 12.4 Å². The average molecular weight is 437 g/mol. The normalized spacial score (nSPS) is 25.4. The number of aliphatic hydroxyl groups is 2. The van der Waals surface area contributed by atoms with Crippen LogP contribution in [0.5, 0.6) is 0 Å². The first-order valence-electron chi connectivity index (χ1n) is 11.0. The van der Waals surface area contributed by atoms with E-state index in [9.17, 15) is 15.0 Å². The lowest BCUT2D eigenvalue weighted by molar-refractivity contribution is -0.270. The number of esters is 1. The Bertz CT molecular complexity index is 684. The molecule has 0 aliphatic carbocycles. The van der Waals surface area contributed by atoms with Gasteiger partial charge in [-0.3, -0.25) is 0 Å². The van der Waals surface area contributed by atoms with Crippen LogP contribution in [0.3, 0.4) is 0 Å². The van der Waals surface area contributed by atoms with Crippen molar-refractivity contribution in [2.75, 3.05) is 13.2 Å². The van der Waals surface area contributed by atoms with Crippen LogP contribution in [-0.4, -0.2) is 54.0 Å². The van der Waals surface area contributed by atoms with Crippen LogP contribution >= 0.6 is 0 Å². The molecular formula is C25H40O6. The predicted octanol–water partition coefficient (Wildman–Crippen LogP) is 4.38. The second kappa shape index (κ2) is 14.4. The van der Waals surface area contributed by atoms with Crippen LogP contribution in [0.25, 0.3) is 0 Å². The van der Waals surface area contributed by atoms with Crippen LogP contribution in [-0.2, 0) is 19.0 Å². The van der Waals surface area contributed by atoms with Crippen molar-refractivity contribution >= 4 is 5.97 Å². The molecule has 6 heteroatoms. The Labute approximate surface area is 187 Å². The minimum Gasteiger partial charge on any atom is -0.453 e. The topological polar surface area (TPSA) is 85.2 Å². The predicted molar refractivity (Wildman–Crippen MR) is 122 cm³/mol. The Hall–Kier alpha value is -1.73. The van der Waals surface area contributed by atoms with E-state index < -0.39 is 30.6 Å². The van der Waals surface area contributed by atoms with Crippen LogP contribution < -0.4 is 0 Å². The van der Waals surface area contributed by atoms with E-state index in [0.717, 1.165) is 25.7 Å². The molecule has 4 unspecified atom stereocenters. The highest BCUT2D eigenvalue weighted by Crippen LogP contribution is 2.21. The molecule has 0 aromatic rings. The van der Waals surface area contributed by atoms with Crippen molar-refractivity contribution in [1.82, 2.24) is 0 Å². The Morgan fingerprint density at radius 1 is 1.00 bits per heavy atom. The van der Waals surface area contributed by atoms with Gasteiger partial charge in [-0.15, -0.1) is 0 Å². The van der Waals surface area contributed by atoms with Crippen molar-refractivity contribution in [2.45, 2.75) is 91.8 Å². The van der Waals surface area contributed by atoms with Crippen molar-refractivity contribution in [3.63, 3.8) is 0 Å². The third-order valence-electron chi connectivity index (χ3n) is 5.24. The van der Waals surface area contributed by atoms with Crippen molar-refractivity contribution < 1.29 is 29.2 Å². The molecule has 2 N–H and O–H groups in total. The van der Waals surface area contributed by atoms with Crippen LogP contribution in [0.2, 0.25) is 0 Å². The highest BCUT2D eigenvalue weighted by Gasteiger charge is 2.42. The van der Waals surface area contributed by atoms with E-state index in [1.165, 1.54) is 16.7 Å². The Kier molecular flexibility index (Phi) is 12.6. The third kappa shape index (κ3) is 10.4. The molecule has 31 heavy (non-hydrogen) atoms. The molecule has 0 bridgehead atoms.